The molecule has 2 heterocycles. The molecule has 0 fully saturated rings. The van der Waals surface area contributed by atoms with Gasteiger partial charge in [-0.15, -0.1) is 11.3 Å². The predicted molar refractivity (Wildman–Crippen MR) is 115 cm³/mol. The van der Waals surface area contributed by atoms with Crippen molar-refractivity contribution in [2.45, 2.75) is 65.7 Å². The topological polar surface area (TPSA) is 34.9 Å². The number of nitrogens with zero attached hydrogens (tertiary/aromatic N) is 2. The molecule has 2 aromatic heterocycles. The molecule has 0 aliphatic rings. The third kappa shape index (κ3) is 4.27. The summed E-state index contributed by atoms with van der Waals surface area (Å²) in [6.07, 6.45) is 8.56. The Hall–Kier alpha value is -1.65. The van der Waals surface area contributed by atoms with E-state index < -0.39 is 0 Å². The van der Waals surface area contributed by atoms with Gasteiger partial charge in [0.2, 0.25) is 0 Å². The molecule has 27 heavy (non-hydrogen) atoms. The number of hydrogen-bond donors (Lipinski definition) is 0. The summed E-state index contributed by atoms with van der Waals surface area (Å²) in [7, 11) is 0. The van der Waals surface area contributed by atoms with Crippen molar-refractivity contribution in [1.82, 2.24) is 9.78 Å². The molecule has 0 atom stereocenters. The Labute approximate surface area is 170 Å². The number of halogens is 1. The van der Waals surface area contributed by atoms with Crippen LogP contribution in [0.3, 0.4) is 0 Å². The average Bonchev–Trinajstić information content (AvgIpc) is 3.15. The fourth-order valence-electron chi connectivity index (χ4n) is 3.56. The largest absolute Gasteiger partial charge is 0.290 e. The lowest BCUT2D eigenvalue weighted by atomic mass is 10.0. The molecule has 144 valence electrons. The van der Waals surface area contributed by atoms with Crippen molar-refractivity contribution in [3.8, 4) is 0 Å². The minimum atomic E-state index is -0.129. The SMILES string of the molecule is CCCCCCCCc1c(C)nn(C(=O)c2sc3ccccc3c2Cl)c1C. The van der Waals surface area contributed by atoms with Crippen LogP contribution in [-0.4, -0.2) is 15.7 Å². The molecule has 3 nitrogen and oxygen atoms in total. The van der Waals surface area contributed by atoms with Crippen molar-refractivity contribution in [2.75, 3.05) is 0 Å². The highest BCUT2D eigenvalue weighted by atomic mass is 35.5. The lowest BCUT2D eigenvalue weighted by molar-refractivity contribution is 0.0946. The Bertz CT molecular complexity index is 941. The molecule has 3 rings (SSSR count). The van der Waals surface area contributed by atoms with Gasteiger partial charge in [0.1, 0.15) is 4.88 Å². The quantitative estimate of drug-likeness (QED) is 0.381. The summed E-state index contributed by atoms with van der Waals surface area (Å²) in [4.78, 5) is 13.7. The smallest absolute Gasteiger partial charge is 0.266 e. The lowest BCUT2D eigenvalue weighted by Gasteiger charge is -2.04. The van der Waals surface area contributed by atoms with Gasteiger partial charge in [-0.2, -0.15) is 9.78 Å². The molecule has 0 aliphatic carbocycles. The number of aryl methyl sites for hydroxylation is 1. The van der Waals surface area contributed by atoms with Gasteiger partial charge in [0.15, 0.2) is 0 Å². The second-order valence-corrected chi connectivity index (χ2v) is 8.56. The molecule has 0 unspecified atom stereocenters. The van der Waals surface area contributed by atoms with E-state index in [2.05, 4.69) is 12.0 Å². The maximum atomic E-state index is 13.1. The fourth-order valence-corrected chi connectivity index (χ4v) is 5.00. The first-order valence-electron chi connectivity index (χ1n) is 9.81. The number of thiophene rings is 1. The van der Waals surface area contributed by atoms with E-state index in [4.69, 9.17) is 11.6 Å². The van der Waals surface area contributed by atoms with Crippen LogP contribution in [0.1, 0.15) is 72.1 Å². The van der Waals surface area contributed by atoms with Crippen LogP contribution in [0.15, 0.2) is 24.3 Å². The Morgan fingerprint density at radius 2 is 1.81 bits per heavy atom. The van der Waals surface area contributed by atoms with Crippen LogP contribution in [0.4, 0.5) is 0 Å². The Morgan fingerprint density at radius 3 is 2.56 bits per heavy atom. The average molecular weight is 403 g/mol. The highest BCUT2D eigenvalue weighted by Gasteiger charge is 2.22. The minimum absolute atomic E-state index is 0.129. The van der Waals surface area contributed by atoms with Crippen molar-refractivity contribution in [3.63, 3.8) is 0 Å². The molecular weight excluding hydrogens is 376 g/mol. The molecule has 0 spiro atoms. The van der Waals surface area contributed by atoms with Crippen LogP contribution in [0, 0.1) is 13.8 Å². The normalized spacial score (nSPS) is 11.4. The van der Waals surface area contributed by atoms with E-state index in [1.807, 2.05) is 38.1 Å². The standard InChI is InChI=1S/C22H27ClN2OS/c1-4-5-6-7-8-9-12-17-15(2)24-25(16(17)3)22(26)21-20(23)18-13-10-11-14-19(18)27-21/h10-11,13-14H,4-9,12H2,1-3H3. The Kier molecular flexibility index (Phi) is 6.72. The van der Waals surface area contributed by atoms with E-state index in [-0.39, 0.29) is 5.91 Å². The summed E-state index contributed by atoms with van der Waals surface area (Å²) in [6, 6.07) is 7.85. The van der Waals surface area contributed by atoms with Crippen LogP contribution in [-0.2, 0) is 6.42 Å². The van der Waals surface area contributed by atoms with Gasteiger partial charge in [-0.25, -0.2) is 0 Å². The lowest BCUT2D eigenvalue weighted by Crippen LogP contribution is -2.14. The monoisotopic (exact) mass is 402 g/mol. The molecule has 0 N–H and O–H groups in total. The van der Waals surface area contributed by atoms with Crippen molar-refractivity contribution in [2.24, 2.45) is 0 Å². The zero-order valence-corrected chi connectivity index (χ0v) is 17.9. The molecule has 0 amide bonds. The van der Waals surface area contributed by atoms with Gasteiger partial charge in [0, 0.05) is 15.8 Å². The van der Waals surface area contributed by atoms with Gasteiger partial charge < -0.3 is 0 Å². The van der Waals surface area contributed by atoms with Crippen LogP contribution in [0.2, 0.25) is 5.02 Å². The van der Waals surface area contributed by atoms with Gasteiger partial charge in [-0.05, 0) is 38.3 Å². The third-order valence-electron chi connectivity index (χ3n) is 5.14. The van der Waals surface area contributed by atoms with E-state index in [1.54, 1.807) is 4.68 Å². The maximum absolute atomic E-state index is 13.1. The first-order valence-corrected chi connectivity index (χ1v) is 11.0. The third-order valence-corrected chi connectivity index (χ3v) is 6.81. The molecule has 5 heteroatoms. The van der Waals surface area contributed by atoms with E-state index in [0.29, 0.717) is 9.90 Å². The summed E-state index contributed by atoms with van der Waals surface area (Å²) < 4.78 is 2.57. The van der Waals surface area contributed by atoms with Crippen LogP contribution in [0.5, 0.6) is 0 Å². The molecule has 1 aromatic carbocycles. The fraction of sp³-hybridized carbons (Fsp3) is 0.455. The second kappa shape index (κ2) is 9.03. The number of rotatable bonds is 8. The molecule has 0 bridgehead atoms. The van der Waals surface area contributed by atoms with E-state index in [1.165, 1.54) is 49.0 Å². The van der Waals surface area contributed by atoms with Gasteiger partial charge in [-0.1, -0.05) is 68.8 Å². The van der Waals surface area contributed by atoms with Crippen molar-refractivity contribution >= 4 is 38.9 Å². The summed E-state index contributed by atoms with van der Waals surface area (Å²) in [5.74, 6) is -0.129. The maximum Gasteiger partial charge on any atom is 0.290 e. The van der Waals surface area contributed by atoms with Gasteiger partial charge in [-0.3, -0.25) is 4.79 Å². The van der Waals surface area contributed by atoms with E-state index >= 15 is 0 Å². The number of benzene rings is 1. The van der Waals surface area contributed by atoms with Crippen molar-refractivity contribution in [1.29, 1.82) is 0 Å². The Morgan fingerprint density at radius 1 is 1.11 bits per heavy atom. The van der Waals surface area contributed by atoms with Crippen LogP contribution in [0.25, 0.3) is 10.1 Å². The zero-order chi connectivity index (χ0) is 19.4. The summed E-state index contributed by atoms with van der Waals surface area (Å²) in [5.41, 5.74) is 3.10. The van der Waals surface area contributed by atoms with E-state index in [0.717, 1.165) is 34.3 Å². The molecule has 3 aromatic rings. The number of unbranched alkanes of at least 4 members (excludes halogenated alkanes) is 5. The first kappa shape index (κ1) is 20.1. The van der Waals surface area contributed by atoms with Crippen molar-refractivity contribution in [3.05, 3.63) is 51.1 Å². The highest BCUT2D eigenvalue weighted by Crippen LogP contribution is 2.36. The summed E-state index contributed by atoms with van der Waals surface area (Å²) in [6.45, 7) is 6.22. The molecule has 0 saturated heterocycles. The van der Waals surface area contributed by atoms with Crippen molar-refractivity contribution < 1.29 is 4.79 Å². The first-order chi connectivity index (χ1) is 13.0. The van der Waals surface area contributed by atoms with Crippen LogP contribution >= 0.6 is 22.9 Å². The molecular formula is C22H27ClN2OS. The van der Waals surface area contributed by atoms with Gasteiger partial charge in [0.25, 0.3) is 5.91 Å². The minimum Gasteiger partial charge on any atom is -0.266 e. The number of fused-ring (bicyclic) bond motifs is 1. The molecule has 0 radical (unpaired) electrons. The zero-order valence-electron chi connectivity index (χ0n) is 16.3. The highest BCUT2D eigenvalue weighted by molar-refractivity contribution is 7.21. The number of hydrogen-bond acceptors (Lipinski definition) is 3. The van der Waals surface area contributed by atoms with Crippen LogP contribution < -0.4 is 0 Å². The molecule has 0 aliphatic heterocycles. The van der Waals surface area contributed by atoms with Gasteiger partial charge in [0.05, 0.1) is 10.7 Å². The second-order valence-electron chi connectivity index (χ2n) is 7.13. The predicted octanol–water partition coefficient (Wildman–Crippen LogP) is 6.96. The number of aromatic nitrogens is 2. The van der Waals surface area contributed by atoms with E-state index in [9.17, 15) is 4.79 Å². The summed E-state index contributed by atoms with van der Waals surface area (Å²) >= 11 is 7.93. The summed E-state index contributed by atoms with van der Waals surface area (Å²) in [5, 5.41) is 6.01. The number of carbonyl (C=O) groups excluding carboxylic acids is 1. The number of carbonyl (C=O) groups is 1. The van der Waals surface area contributed by atoms with Gasteiger partial charge >= 0.3 is 0 Å². The Balaban J connectivity index is 1.76. The molecule has 0 saturated carbocycles.